The van der Waals surface area contributed by atoms with Gasteiger partial charge in [-0.25, -0.2) is 0 Å². The van der Waals surface area contributed by atoms with Crippen molar-refractivity contribution in [2.24, 2.45) is 0 Å². The highest BCUT2D eigenvalue weighted by Crippen LogP contribution is 2.44. The maximum absolute atomic E-state index is 5.64. The zero-order chi connectivity index (χ0) is 10.8. The number of halogens is 1. The zero-order valence-electron chi connectivity index (χ0n) is 8.36. The van der Waals surface area contributed by atoms with Crippen molar-refractivity contribution in [3.05, 3.63) is 16.6 Å². The van der Waals surface area contributed by atoms with Crippen LogP contribution in [0.3, 0.4) is 0 Å². The average Bonchev–Trinajstić information content (AvgIpc) is 2.57. The number of benzene rings is 1. The highest BCUT2D eigenvalue weighted by molar-refractivity contribution is 9.10. The van der Waals surface area contributed by atoms with Crippen molar-refractivity contribution in [2.75, 3.05) is 16.8 Å². The van der Waals surface area contributed by atoms with E-state index >= 15 is 0 Å². The SMILES string of the molecule is CCCOc1cc2c(cc1Br)N(S)CS2. The molecule has 1 aliphatic heterocycles. The molecule has 0 saturated carbocycles. The van der Waals surface area contributed by atoms with Gasteiger partial charge in [0.05, 0.1) is 22.6 Å². The first-order valence-corrected chi connectivity index (χ1v) is 6.95. The highest BCUT2D eigenvalue weighted by atomic mass is 79.9. The Labute approximate surface area is 108 Å². The number of ether oxygens (including phenoxy) is 1. The van der Waals surface area contributed by atoms with Crippen LogP contribution < -0.4 is 9.04 Å². The molecule has 0 bridgehead atoms. The van der Waals surface area contributed by atoms with Gasteiger partial charge in [-0.2, -0.15) is 0 Å². The molecule has 0 atom stereocenters. The third-order valence-electron chi connectivity index (χ3n) is 2.10. The van der Waals surface area contributed by atoms with Crippen molar-refractivity contribution in [3.63, 3.8) is 0 Å². The number of thiol groups is 1. The van der Waals surface area contributed by atoms with E-state index in [9.17, 15) is 0 Å². The van der Waals surface area contributed by atoms with Crippen molar-refractivity contribution < 1.29 is 4.74 Å². The van der Waals surface area contributed by atoms with E-state index in [1.165, 1.54) is 4.90 Å². The summed E-state index contributed by atoms with van der Waals surface area (Å²) in [5, 5.41) is 0. The van der Waals surface area contributed by atoms with E-state index in [1.807, 2.05) is 4.31 Å². The first-order chi connectivity index (χ1) is 7.22. The summed E-state index contributed by atoms with van der Waals surface area (Å²) in [7, 11) is 0. The average molecular weight is 306 g/mol. The minimum atomic E-state index is 0.757. The lowest BCUT2D eigenvalue weighted by atomic mass is 10.3. The predicted octanol–water partition coefficient (Wildman–Crippen LogP) is 3.95. The molecule has 0 aliphatic carbocycles. The Bertz CT molecular complexity index is 373. The van der Waals surface area contributed by atoms with Crippen molar-refractivity contribution in [1.82, 2.24) is 0 Å². The van der Waals surface area contributed by atoms with Crippen LogP contribution in [-0.4, -0.2) is 12.5 Å². The second-order valence-corrected chi connectivity index (χ2v) is 5.60. The summed E-state index contributed by atoms with van der Waals surface area (Å²) in [5.74, 6) is 1.81. The Kier molecular flexibility index (Phi) is 3.74. The molecule has 0 unspecified atom stereocenters. The van der Waals surface area contributed by atoms with Crippen LogP contribution in [0, 0.1) is 0 Å². The van der Waals surface area contributed by atoms with Crippen LogP contribution in [-0.2, 0) is 0 Å². The van der Waals surface area contributed by atoms with E-state index in [4.69, 9.17) is 4.74 Å². The fourth-order valence-corrected chi connectivity index (χ4v) is 3.12. The summed E-state index contributed by atoms with van der Waals surface area (Å²) in [6, 6.07) is 4.14. The quantitative estimate of drug-likeness (QED) is 0.850. The van der Waals surface area contributed by atoms with Crippen LogP contribution >= 0.6 is 40.5 Å². The number of anilines is 1. The molecule has 0 amide bonds. The lowest BCUT2D eigenvalue weighted by Crippen LogP contribution is -2.02. The standard InChI is InChI=1S/C10H12BrNOS2/c1-2-3-13-9-5-10-8(4-7(9)11)12(14)6-15-10/h4-5,14H,2-3,6H2,1H3. The number of fused-ring (bicyclic) bond motifs is 1. The molecule has 2 rings (SSSR count). The van der Waals surface area contributed by atoms with Crippen LogP contribution in [0.5, 0.6) is 5.75 Å². The van der Waals surface area contributed by atoms with Gasteiger partial charge in [-0.3, -0.25) is 0 Å². The number of thioether (sulfide) groups is 1. The van der Waals surface area contributed by atoms with Crippen molar-refractivity contribution in [2.45, 2.75) is 18.2 Å². The number of hydrogen-bond acceptors (Lipinski definition) is 4. The van der Waals surface area contributed by atoms with E-state index < -0.39 is 0 Å². The summed E-state index contributed by atoms with van der Waals surface area (Å²) in [4.78, 5) is 1.24. The van der Waals surface area contributed by atoms with Gasteiger partial charge >= 0.3 is 0 Å². The Morgan fingerprint density at radius 2 is 2.40 bits per heavy atom. The maximum atomic E-state index is 5.64. The molecule has 0 saturated heterocycles. The lowest BCUT2D eigenvalue weighted by molar-refractivity contribution is 0.315. The van der Waals surface area contributed by atoms with Gasteiger partial charge in [0.15, 0.2) is 0 Å². The fraction of sp³-hybridized carbons (Fsp3) is 0.400. The van der Waals surface area contributed by atoms with E-state index in [0.717, 1.165) is 34.8 Å². The molecule has 0 aromatic heterocycles. The molecule has 0 radical (unpaired) electrons. The Morgan fingerprint density at radius 3 is 3.13 bits per heavy atom. The Hall–Kier alpha value is -0.000000000000000222. The molecular formula is C10H12BrNOS2. The van der Waals surface area contributed by atoms with Crippen LogP contribution in [0.15, 0.2) is 21.5 Å². The van der Waals surface area contributed by atoms with E-state index in [1.54, 1.807) is 11.8 Å². The van der Waals surface area contributed by atoms with Gasteiger partial charge in [0, 0.05) is 4.90 Å². The minimum Gasteiger partial charge on any atom is -0.492 e. The van der Waals surface area contributed by atoms with E-state index in [0.29, 0.717) is 0 Å². The maximum Gasteiger partial charge on any atom is 0.134 e. The third-order valence-corrected chi connectivity index (χ3v) is 4.29. The Balaban J connectivity index is 2.27. The molecule has 1 aliphatic rings. The van der Waals surface area contributed by atoms with Gasteiger partial charge < -0.3 is 9.04 Å². The smallest absolute Gasteiger partial charge is 0.134 e. The second kappa shape index (κ2) is 4.89. The zero-order valence-corrected chi connectivity index (χ0v) is 11.7. The molecule has 15 heavy (non-hydrogen) atoms. The summed E-state index contributed by atoms with van der Waals surface area (Å²) < 4.78 is 8.58. The summed E-state index contributed by atoms with van der Waals surface area (Å²) >= 11 is 9.67. The van der Waals surface area contributed by atoms with Gasteiger partial charge in [0.1, 0.15) is 5.75 Å². The molecule has 1 aromatic rings. The summed E-state index contributed by atoms with van der Waals surface area (Å²) in [6.45, 7) is 2.86. The molecular weight excluding hydrogens is 294 g/mol. The highest BCUT2D eigenvalue weighted by Gasteiger charge is 2.19. The molecule has 2 nitrogen and oxygen atoms in total. The van der Waals surface area contributed by atoms with Gasteiger partial charge in [0.2, 0.25) is 0 Å². The fourth-order valence-electron chi connectivity index (χ4n) is 1.36. The third kappa shape index (κ3) is 2.40. The van der Waals surface area contributed by atoms with Crippen LogP contribution in [0.25, 0.3) is 0 Å². The first kappa shape index (κ1) is 11.5. The number of hydrogen-bond donors (Lipinski definition) is 1. The van der Waals surface area contributed by atoms with Crippen LogP contribution in [0.2, 0.25) is 0 Å². The van der Waals surface area contributed by atoms with Crippen LogP contribution in [0.4, 0.5) is 5.69 Å². The molecule has 0 spiro atoms. The number of nitrogens with zero attached hydrogens (tertiary/aromatic N) is 1. The van der Waals surface area contributed by atoms with Gasteiger partial charge in [-0.15, -0.1) is 11.8 Å². The summed E-state index contributed by atoms with van der Waals surface area (Å²) in [6.07, 6.45) is 1.02. The molecule has 1 heterocycles. The summed E-state index contributed by atoms with van der Waals surface area (Å²) in [5.41, 5.74) is 1.15. The Morgan fingerprint density at radius 1 is 1.60 bits per heavy atom. The molecule has 1 aromatic carbocycles. The second-order valence-electron chi connectivity index (χ2n) is 3.27. The van der Waals surface area contributed by atoms with E-state index in [2.05, 4.69) is 47.8 Å². The number of rotatable bonds is 3. The van der Waals surface area contributed by atoms with Gasteiger partial charge in [-0.05, 0) is 34.5 Å². The molecule has 0 fully saturated rings. The minimum absolute atomic E-state index is 0.757. The van der Waals surface area contributed by atoms with Crippen molar-refractivity contribution >= 4 is 46.2 Å². The van der Waals surface area contributed by atoms with Crippen molar-refractivity contribution in [3.8, 4) is 5.75 Å². The predicted molar refractivity (Wildman–Crippen MR) is 72.1 cm³/mol. The molecule has 5 heteroatoms. The lowest BCUT2D eigenvalue weighted by Gasteiger charge is -2.12. The van der Waals surface area contributed by atoms with Gasteiger partial charge in [-0.1, -0.05) is 19.7 Å². The first-order valence-electron chi connectivity index (χ1n) is 4.78. The van der Waals surface area contributed by atoms with E-state index in [-0.39, 0.29) is 0 Å². The molecule has 82 valence electrons. The van der Waals surface area contributed by atoms with Crippen molar-refractivity contribution in [1.29, 1.82) is 0 Å². The topological polar surface area (TPSA) is 12.5 Å². The normalized spacial score (nSPS) is 14.2. The monoisotopic (exact) mass is 305 g/mol. The van der Waals surface area contributed by atoms with Crippen LogP contribution in [0.1, 0.15) is 13.3 Å². The molecule has 0 N–H and O–H groups in total. The largest absolute Gasteiger partial charge is 0.492 e. The van der Waals surface area contributed by atoms with Gasteiger partial charge in [0.25, 0.3) is 0 Å².